The van der Waals surface area contributed by atoms with Gasteiger partial charge in [0, 0.05) is 18.3 Å². The molecule has 0 saturated carbocycles. The zero-order valence-corrected chi connectivity index (χ0v) is 17.2. The minimum Gasteiger partial charge on any atom is -0.355 e. The predicted molar refractivity (Wildman–Crippen MR) is 116 cm³/mol. The first-order chi connectivity index (χ1) is 14.1. The van der Waals surface area contributed by atoms with Crippen LogP contribution in [0.2, 0.25) is 0 Å². The minimum atomic E-state index is -0.144. The number of hydrogen-bond acceptors (Lipinski definition) is 5. The van der Waals surface area contributed by atoms with E-state index < -0.39 is 0 Å². The van der Waals surface area contributed by atoms with Crippen molar-refractivity contribution in [2.24, 2.45) is 0 Å². The molecule has 1 aromatic heterocycles. The number of piperidine rings is 1. The lowest BCUT2D eigenvalue weighted by Crippen LogP contribution is -2.39. The van der Waals surface area contributed by atoms with Crippen LogP contribution in [0.1, 0.15) is 40.7 Å². The second kappa shape index (κ2) is 8.71. The van der Waals surface area contributed by atoms with Crippen LogP contribution in [0.5, 0.6) is 0 Å². The van der Waals surface area contributed by atoms with Gasteiger partial charge in [0.25, 0.3) is 5.91 Å². The number of nitrogens with zero attached hydrogens (tertiary/aromatic N) is 2. The Morgan fingerprint density at radius 3 is 2.69 bits per heavy atom. The van der Waals surface area contributed by atoms with Crippen LogP contribution in [-0.4, -0.2) is 41.8 Å². The van der Waals surface area contributed by atoms with Gasteiger partial charge in [-0.1, -0.05) is 18.6 Å². The van der Waals surface area contributed by atoms with E-state index in [1.165, 1.54) is 4.70 Å². The molecule has 0 unspecified atom stereocenters. The van der Waals surface area contributed by atoms with Crippen LogP contribution in [0.15, 0.2) is 48.5 Å². The van der Waals surface area contributed by atoms with E-state index in [4.69, 9.17) is 4.98 Å². The third-order valence-electron chi connectivity index (χ3n) is 5.21. The lowest BCUT2D eigenvalue weighted by molar-refractivity contribution is -0.118. The molecule has 150 valence electrons. The van der Waals surface area contributed by atoms with Gasteiger partial charge in [0.15, 0.2) is 0 Å². The average Bonchev–Trinajstić information content (AvgIpc) is 3.18. The lowest BCUT2D eigenvalue weighted by atomic mass is 10.0. The van der Waals surface area contributed by atoms with Crippen molar-refractivity contribution in [2.75, 3.05) is 25.5 Å². The molecule has 6 nitrogen and oxygen atoms in total. The first kappa shape index (κ1) is 19.5. The molecule has 1 fully saturated rings. The van der Waals surface area contributed by atoms with E-state index in [1.54, 1.807) is 42.6 Å². The van der Waals surface area contributed by atoms with Crippen LogP contribution in [0.25, 0.3) is 10.2 Å². The van der Waals surface area contributed by atoms with Crippen LogP contribution >= 0.6 is 11.3 Å². The van der Waals surface area contributed by atoms with Crippen molar-refractivity contribution in [3.05, 3.63) is 59.1 Å². The fraction of sp³-hybridized carbons (Fsp3) is 0.318. The Morgan fingerprint density at radius 1 is 1.14 bits per heavy atom. The van der Waals surface area contributed by atoms with Gasteiger partial charge in [-0.2, -0.15) is 0 Å². The molecule has 1 atom stereocenters. The summed E-state index contributed by atoms with van der Waals surface area (Å²) in [5.74, 6) is -0.194. The summed E-state index contributed by atoms with van der Waals surface area (Å²) in [4.78, 5) is 31.3. The summed E-state index contributed by atoms with van der Waals surface area (Å²) >= 11 is 1.72. The van der Waals surface area contributed by atoms with Crippen LogP contribution in [-0.2, 0) is 4.79 Å². The van der Waals surface area contributed by atoms with Crippen molar-refractivity contribution < 1.29 is 9.59 Å². The molecule has 0 spiro atoms. The number of anilines is 1. The third kappa shape index (κ3) is 4.46. The van der Waals surface area contributed by atoms with Crippen molar-refractivity contribution in [2.45, 2.75) is 25.3 Å². The predicted octanol–water partition coefficient (Wildman–Crippen LogP) is 3.82. The molecule has 7 heteroatoms. The van der Waals surface area contributed by atoms with Gasteiger partial charge in [0.2, 0.25) is 5.91 Å². The largest absolute Gasteiger partial charge is 0.355 e. The van der Waals surface area contributed by atoms with Crippen molar-refractivity contribution in [1.82, 2.24) is 15.2 Å². The molecule has 2 aromatic carbocycles. The van der Waals surface area contributed by atoms with Gasteiger partial charge in [0.05, 0.1) is 22.8 Å². The van der Waals surface area contributed by atoms with E-state index in [0.29, 0.717) is 17.8 Å². The molecule has 2 amide bonds. The second-order valence-corrected chi connectivity index (χ2v) is 8.27. The topological polar surface area (TPSA) is 74.3 Å². The maximum atomic E-state index is 12.7. The normalized spacial score (nSPS) is 17.2. The quantitative estimate of drug-likeness (QED) is 0.673. The first-order valence-corrected chi connectivity index (χ1v) is 10.7. The Kier molecular flexibility index (Phi) is 5.87. The van der Waals surface area contributed by atoms with Crippen molar-refractivity contribution in [3.63, 3.8) is 0 Å². The van der Waals surface area contributed by atoms with Gasteiger partial charge in [-0.05, 0) is 55.8 Å². The third-order valence-corrected chi connectivity index (χ3v) is 6.35. The summed E-state index contributed by atoms with van der Waals surface area (Å²) < 4.78 is 1.19. The maximum Gasteiger partial charge on any atom is 0.251 e. The number of thiazole rings is 1. The van der Waals surface area contributed by atoms with Crippen molar-refractivity contribution in [3.8, 4) is 0 Å². The van der Waals surface area contributed by atoms with E-state index in [0.717, 1.165) is 36.3 Å². The fourth-order valence-electron chi connectivity index (χ4n) is 3.73. The van der Waals surface area contributed by atoms with E-state index in [9.17, 15) is 9.59 Å². The van der Waals surface area contributed by atoms with E-state index in [1.807, 2.05) is 18.2 Å². The van der Waals surface area contributed by atoms with Crippen LogP contribution in [0.4, 0.5) is 5.69 Å². The van der Waals surface area contributed by atoms with E-state index in [-0.39, 0.29) is 17.9 Å². The summed E-state index contributed by atoms with van der Waals surface area (Å²) in [5.41, 5.74) is 2.28. The minimum absolute atomic E-state index is 0.0503. The Labute approximate surface area is 173 Å². The molecular formula is C22H24N4O2S. The van der Waals surface area contributed by atoms with Gasteiger partial charge >= 0.3 is 0 Å². The Hall–Kier alpha value is -2.77. The Morgan fingerprint density at radius 2 is 1.93 bits per heavy atom. The molecule has 0 radical (unpaired) electrons. The van der Waals surface area contributed by atoms with Gasteiger partial charge in [-0.15, -0.1) is 11.3 Å². The molecule has 29 heavy (non-hydrogen) atoms. The SMILES string of the molecule is CNC(=O)c1ccc(NC(=O)CN2CCCC[C@H]2c2nc3ccccc3s2)cc1. The Bertz CT molecular complexity index is 982. The zero-order valence-electron chi connectivity index (χ0n) is 16.4. The standard InChI is InChI=1S/C22H24N4O2S/c1-23-21(28)15-9-11-16(12-10-15)24-20(27)14-26-13-5-4-7-18(26)22-25-17-6-2-3-8-19(17)29-22/h2-3,6,8-12,18H,4-5,7,13-14H2,1H3,(H,23,28)(H,24,27)/t18-/m0/s1. The molecule has 2 heterocycles. The number of carbonyl (C=O) groups is 2. The van der Waals surface area contributed by atoms with Crippen LogP contribution in [0.3, 0.4) is 0 Å². The maximum absolute atomic E-state index is 12.7. The van der Waals surface area contributed by atoms with Crippen LogP contribution < -0.4 is 10.6 Å². The number of likely N-dealkylation sites (tertiary alicyclic amines) is 1. The average molecular weight is 409 g/mol. The molecule has 2 N–H and O–H groups in total. The fourth-order valence-corrected chi connectivity index (χ4v) is 4.86. The first-order valence-electron chi connectivity index (χ1n) is 9.85. The summed E-state index contributed by atoms with van der Waals surface area (Å²) in [6.07, 6.45) is 3.27. The number of fused-ring (bicyclic) bond motifs is 1. The van der Waals surface area contributed by atoms with Gasteiger partial charge in [-0.3, -0.25) is 14.5 Å². The smallest absolute Gasteiger partial charge is 0.251 e. The van der Waals surface area contributed by atoms with Crippen LogP contribution in [0, 0.1) is 0 Å². The molecular weight excluding hydrogens is 384 g/mol. The summed E-state index contributed by atoms with van der Waals surface area (Å²) in [6.45, 7) is 1.22. The highest BCUT2D eigenvalue weighted by atomic mass is 32.1. The molecule has 1 aliphatic rings. The zero-order chi connectivity index (χ0) is 20.2. The lowest BCUT2D eigenvalue weighted by Gasteiger charge is -2.33. The molecule has 0 bridgehead atoms. The highest BCUT2D eigenvalue weighted by molar-refractivity contribution is 7.18. The van der Waals surface area contributed by atoms with E-state index in [2.05, 4.69) is 21.6 Å². The number of carbonyl (C=O) groups excluding carboxylic acids is 2. The number of amides is 2. The van der Waals surface area contributed by atoms with Gasteiger partial charge in [0.1, 0.15) is 5.01 Å². The number of benzene rings is 2. The Balaban J connectivity index is 1.43. The number of nitrogens with one attached hydrogen (secondary N) is 2. The number of rotatable bonds is 5. The number of para-hydroxylation sites is 1. The molecule has 0 aliphatic carbocycles. The molecule has 4 rings (SSSR count). The molecule has 3 aromatic rings. The van der Waals surface area contributed by atoms with E-state index >= 15 is 0 Å². The molecule has 1 saturated heterocycles. The second-order valence-electron chi connectivity index (χ2n) is 7.21. The van der Waals surface area contributed by atoms with Crippen molar-refractivity contribution >= 4 is 39.1 Å². The van der Waals surface area contributed by atoms with Gasteiger partial charge in [-0.25, -0.2) is 4.98 Å². The highest BCUT2D eigenvalue weighted by Gasteiger charge is 2.28. The summed E-state index contributed by atoms with van der Waals surface area (Å²) in [7, 11) is 1.60. The molecule has 1 aliphatic heterocycles. The summed E-state index contributed by atoms with van der Waals surface area (Å²) in [5, 5.41) is 6.62. The number of hydrogen-bond donors (Lipinski definition) is 2. The number of aromatic nitrogens is 1. The van der Waals surface area contributed by atoms with Gasteiger partial charge < -0.3 is 10.6 Å². The summed E-state index contributed by atoms with van der Waals surface area (Å²) in [6, 6.07) is 15.3. The monoisotopic (exact) mass is 408 g/mol. The highest BCUT2D eigenvalue weighted by Crippen LogP contribution is 2.35. The van der Waals surface area contributed by atoms with Crippen molar-refractivity contribution in [1.29, 1.82) is 0 Å².